The summed E-state index contributed by atoms with van der Waals surface area (Å²) in [6.45, 7) is 7.56. The summed E-state index contributed by atoms with van der Waals surface area (Å²) in [4.78, 5) is 33.7. The molecular formula is C14H21N3O3S. The van der Waals surface area contributed by atoms with Crippen molar-refractivity contribution < 1.29 is 14.7 Å². The number of amides is 1. The first-order valence-electron chi connectivity index (χ1n) is 6.73. The highest BCUT2D eigenvalue weighted by Crippen LogP contribution is 2.23. The number of aryl methyl sites for hydroxylation is 2. The van der Waals surface area contributed by atoms with Crippen LogP contribution in [0.5, 0.6) is 0 Å². The number of thioether (sulfide) groups is 1. The molecule has 0 radical (unpaired) electrons. The highest BCUT2D eigenvalue weighted by Gasteiger charge is 2.26. The molecule has 1 N–H and O–H groups in total. The van der Waals surface area contributed by atoms with E-state index in [2.05, 4.69) is 9.97 Å². The van der Waals surface area contributed by atoms with E-state index in [4.69, 9.17) is 5.11 Å². The summed E-state index contributed by atoms with van der Waals surface area (Å²) in [6, 6.07) is -0.379. The quantitative estimate of drug-likeness (QED) is 0.640. The number of aromatic nitrogens is 2. The number of hydrogen-bond donors (Lipinski definition) is 1. The van der Waals surface area contributed by atoms with Gasteiger partial charge in [-0.2, -0.15) is 0 Å². The van der Waals surface area contributed by atoms with Crippen LogP contribution in [0.2, 0.25) is 0 Å². The molecule has 1 amide bonds. The molecule has 1 unspecified atom stereocenters. The Kier molecular flexibility index (Phi) is 6.14. The zero-order valence-electron chi connectivity index (χ0n) is 13.0. The van der Waals surface area contributed by atoms with E-state index in [0.29, 0.717) is 28.7 Å². The molecule has 0 saturated carbocycles. The van der Waals surface area contributed by atoms with E-state index in [1.807, 2.05) is 13.2 Å². The molecule has 0 spiro atoms. The maximum atomic E-state index is 12.8. The molecule has 0 saturated heterocycles. The van der Waals surface area contributed by atoms with E-state index in [1.165, 1.54) is 11.8 Å². The monoisotopic (exact) mass is 311 g/mol. The topological polar surface area (TPSA) is 83.4 Å². The summed E-state index contributed by atoms with van der Waals surface area (Å²) in [5.41, 5.74) is 1.09. The maximum Gasteiger partial charge on any atom is 0.305 e. The van der Waals surface area contributed by atoms with Crippen molar-refractivity contribution in [2.24, 2.45) is 0 Å². The van der Waals surface area contributed by atoms with Crippen molar-refractivity contribution >= 4 is 23.6 Å². The minimum atomic E-state index is -0.921. The largest absolute Gasteiger partial charge is 0.481 e. The third-order valence-corrected chi connectivity index (χ3v) is 3.86. The van der Waals surface area contributed by atoms with E-state index >= 15 is 0 Å². The normalized spacial score (nSPS) is 12.0. The third kappa shape index (κ3) is 4.17. The summed E-state index contributed by atoms with van der Waals surface area (Å²) in [6.07, 6.45) is 1.77. The maximum absolute atomic E-state index is 12.8. The Bertz CT molecular complexity index is 549. The van der Waals surface area contributed by atoms with Crippen LogP contribution < -0.4 is 0 Å². The summed E-state index contributed by atoms with van der Waals surface area (Å²) in [5, 5.41) is 9.54. The zero-order chi connectivity index (χ0) is 16.2. The van der Waals surface area contributed by atoms with Gasteiger partial charge in [-0.15, -0.1) is 11.8 Å². The Hall–Kier alpha value is -1.63. The first kappa shape index (κ1) is 17.4. The van der Waals surface area contributed by atoms with Crippen LogP contribution in [0, 0.1) is 13.8 Å². The first-order chi connectivity index (χ1) is 9.81. The fourth-order valence-corrected chi connectivity index (χ4v) is 2.90. The van der Waals surface area contributed by atoms with Gasteiger partial charge in [0, 0.05) is 12.6 Å². The van der Waals surface area contributed by atoms with Gasteiger partial charge in [0.15, 0.2) is 0 Å². The number of hydrogen-bond acceptors (Lipinski definition) is 5. The van der Waals surface area contributed by atoms with Gasteiger partial charge in [-0.25, -0.2) is 9.97 Å². The molecule has 6 nitrogen and oxygen atoms in total. The van der Waals surface area contributed by atoms with Gasteiger partial charge in [0.25, 0.3) is 5.91 Å². The van der Waals surface area contributed by atoms with E-state index in [1.54, 1.807) is 25.7 Å². The Labute approximate surface area is 129 Å². The Morgan fingerprint density at radius 2 is 1.95 bits per heavy atom. The van der Waals surface area contributed by atoms with Crippen LogP contribution in [0.3, 0.4) is 0 Å². The second-order valence-corrected chi connectivity index (χ2v) is 5.57. The molecule has 1 rings (SSSR count). The molecule has 1 heterocycles. The van der Waals surface area contributed by atoms with E-state index in [9.17, 15) is 9.59 Å². The molecule has 1 aromatic heterocycles. The molecule has 21 heavy (non-hydrogen) atoms. The molecule has 0 bridgehead atoms. The highest BCUT2D eigenvalue weighted by atomic mass is 32.2. The van der Waals surface area contributed by atoms with Gasteiger partial charge in [-0.3, -0.25) is 9.59 Å². The molecule has 1 aromatic rings. The number of aliphatic carboxylic acids is 1. The van der Waals surface area contributed by atoms with Crippen LogP contribution in [-0.2, 0) is 4.79 Å². The van der Waals surface area contributed by atoms with Crippen molar-refractivity contribution in [3.63, 3.8) is 0 Å². The lowest BCUT2D eigenvalue weighted by molar-refractivity contribution is -0.138. The summed E-state index contributed by atoms with van der Waals surface area (Å²) < 4.78 is 0. The number of rotatable bonds is 6. The van der Waals surface area contributed by atoms with Crippen LogP contribution in [0.4, 0.5) is 0 Å². The van der Waals surface area contributed by atoms with Crippen molar-refractivity contribution in [1.82, 2.24) is 14.9 Å². The van der Waals surface area contributed by atoms with Crippen LogP contribution in [0.15, 0.2) is 5.03 Å². The average molecular weight is 311 g/mol. The molecule has 116 valence electrons. The van der Waals surface area contributed by atoms with Gasteiger partial charge in [0.1, 0.15) is 10.9 Å². The number of carbonyl (C=O) groups excluding carboxylic acids is 1. The van der Waals surface area contributed by atoms with Crippen LogP contribution in [0.25, 0.3) is 0 Å². The molecule has 0 aromatic carbocycles. The lowest BCUT2D eigenvalue weighted by Crippen LogP contribution is -2.40. The Balaban J connectivity index is 3.19. The fourth-order valence-electron chi connectivity index (χ4n) is 2.24. The van der Waals surface area contributed by atoms with Gasteiger partial charge >= 0.3 is 5.97 Å². The van der Waals surface area contributed by atoms with Crippen LogP contribution in [-0.4, -0.2) is 50.7 Å². The molecule has 0 aliphatic carbocycles. The van der Waals surface area contributed by atoms with Gasteiger partial charge in [0.2, 0.25) is 0 Å². The number of carboxylic acids is 1. The van der Waals surface area contributed by atoms with Gasteiger partial charge < -0.3 is 10.0 Å². The zero-order valence-corrected chi connectivity index (χ0v) is 13.8. The summed E-state index contributed by atoms with van der Waals surface area (Å²) in [5.74, 6) is -0.515. The number of nitrogens with zero attached hydrogens (tertiary/aromatic N) is 3. The molecular weight excluding hydrogens is 290 g/mol. The standard InChI is InChI=1S/C14H21N3O3S/c1-6-17(8(2)7-11(18)19)14(20)12-9(3)15-10(4)16-13(12)21-5/h8H,6-7H2,1-5H3,(H,18,19). The SMILES string of the molecule is CCN(C(=O)c1c(C)nc(C)nc1SC)C(C)CC(=O)O. The number of carboxylic acid groups (broad SMARTS) is 1. The van der Waals surface area contributed by atoms with E-state index < -0.39 is 5.97 Å². The van der Waals surface area contributed by atoms with Gasteiger partial charge in [-0.05, 0) is 34.0 Å². The van der Waals surface area contributed by atoms with Crippen LogP contribution in [0.1, 0.15) is 42.1 Å². The number of carbonyl (C=O) groups is 2. The van der Waals surface area contributed by atoms with Crippen molar-refractivity contribution in [1.29, 1.82) is 0 Å². The van der Waals surface area contributed by atoms with Crippen molar-refractivity contribution in [2.75, 3.05) is 12.8 Å². The van der Waals surface area contributed by atoms with Crippen molar-refractivity contribution in [3.8, 4) is 0 Å². The first-order valence-corrected chi connectivity index (χ1v) is 7.96. The van der Waals surface area contributed by atoms with Crippen molar-refractivity contribution in [3.05, 3.63) is 17.1 Å². The third-order valence-electron chi connectivity index (χ3n) is 3.18. The highest BCUT2D eigenvalue weighted by molar-refractivity contribution is 7.98. The Morgan fingerprint density at radius 1 is 1.33 bits per heavy atom. The Morgan fingerprint density at radius 3 is 2.43 bits per heavy atom. The summed E-state index contributed by atoms with van der Waals surface area (Å²) in [7, 11) is 0. The second kappa shape index (κ2) is 7.40. The predicted octanol–water partition coefficient (Wildman–Crippen LogP) is 2.14. The molecule has 1 atom stereocenters. The minimum Gasteiger partial charge on any atom is -0.481 e. The molecule has 0 aliphatic rings. The second-order valence-electron chi connectivity index (χ2n) is 4.78. The fraction of sp³-hybridized carbons (Fsp3) is 0.571. The molecule has 7 heteroatoms. The van der Waals surface area contributed by atoms with Crippen LogP contribution >= 0.6 is 11.8 Å². The lowest BCUT2D eigenvalue weighted by atomic mass is 10.1. The minimum absolute atomic E-state index is 0.0834. The smallest absolute Gasteiger partial charge is 0.305 e. The molecule has 0 aliphatic heterocycles. The van der Waals surface area contributed by atoms with Crippen molar-refractivity contribution in [2.45, 2.75) is 45.2 Å². The lowest BCUT2D eigenvalue weighted by Gasteiger charge is -2.28. The summed E-state index contributed by atoms with van der Waals surface area (Å²) >= 11 is 1.39. The predicted molar refractivity (Wildman–Crippen MR) is 81.7 cm³/mol. The molecule has 0 fully saturated rings. The van der Waals surface area contributed by atoms with E-state index in [-0.39, 0.29) is 18.4 Å². The van der Waals surface area contributed by atoms with Gasteiger partial charge in [-0.1, -0.05) is 0 Å². The van der Waals surface area contributed by atoms with E-state index in [0.717, 1.165) is 0 Å². The van der Waals surface area contributed by atoms with Gasteiger partial charge in [0.05, 0.1) is 17.7 Å². The average Bonchev–Trinajstić information content (AvgIpc) is 2.37.